The summed E-state index contributed by atoms with van der Waals surface area (Å²) in [5, 5.41) is 24.2. The molecule has 3 amide bonds. The highest BCUT2D eigenvalue weighted by atomic mass is 16.5. The van der Waals surface area contributed by atoms with Gasteiger partial charge in [0.05, 0.1) is 12.1 Å². The van der Waals surface area contributed by atoms with Gasteiger partial charge in [-0.3, -0.25) is 9.69 Å². The highest BCUT2D eigenvalue weighted by molar-refractivity contribution is 6.01. The van der Waals surface area contributed by atoms with E-state index >= 15 is 0 Å². The molecule has 0 spiro atoms. The molecule has 23 heavy (non-hydrogen) atoms. The van der Waals surface area contributed by atoms with Gasteiger partial charge in [0, 0.05) is 19.6 Å². The van der Waals surface area contributed by atoms with Gasteiger partial charge < -0.3 is 20.5 Å². The summed E-state index contributed by atoms with van der Waals surface area (Å²) in [5.41, 5.74) is 0.409. The maximum Gasteiger partial charge on any atom is 0.324 e. The Morgan fingerprint density at radius 2 is 2.22 bits per heavy atom. The van der Waals surface area contributed by atoms with Crippen molar-refractivity contribution in [3.05, 3.63) is 29.8 Å². The number of hydrogen-bond acceptors (Lipinski definition) is 6. The van der Waals surface area contributed by atoms with Crippen LogP contribution in [0.4, 0.5) is 4.79 Å². The zero-order chi connectivity index (χ0) is 16.7. The van der Waals surface area contributed by atoms with Crippen molar-refractivity contribution in [2.45, 2.75) is 6.10 Å². The zero-order valence-electron chi connectivity index (χ0n) is 12.5. The van der Waals surface area contributed by atoms with Gasteiger partial charge in [-0.15, -0.1) is 0 Å². The van der Waals surface area contributed by atoms with Gasteiger partial charge in [-0.1, -0.05) is 12.1 Å². The maximum absolute atomic E-state index is 11.4. The monoisotopic (exact) mass is 318 g/mol. The van der Waals surface area contributed by atoms with E-state index < -0.39 is 12.1 Å². The molecule has 1 saturated heterocycles. The summed E-state index contributed by atoms with van der Waals surface area (Å²) < 4.78 is 5.41. The summed E-state index contributed by atoms with van der Waals surface area (Å²) in [6.07, 6.45) is -0.773. The van der Waals surface area contributed by atoms with Crippen LogP contribution in [-0.4, -0.2) is 60.8 Å². The fourth-order valence-electron chi connectivity index (χ4n) is 2.07. The predicted octanol–water partition coefficient (Wildman–Crippen LogP) is -0.561. The molecule has 8 heteroatoms. The number of aliphatic hydroxyl groups is 1. The van der Waals surface area contributed by atoms with Crippen LogP contribution < -0.4 is 15.4 Å². The van der Waals surface area contributed by atoms with Gasteiger partial charge in [0.25, 0.3) is 0 Å². The number of nitrogens with one attached hydrogen (secondary N) is 2. The summed E-state index contributed by atoms with van der Waals surface area (Å²) >= 11 is 0. The lowest BCUT2D eigenvalue weighted by molar-refractivity contribution is -0.124. The Bertz CT molecular complexity index is 598. The van der Waals surface area contributed by atoms with E-state index in [2.05, 4.69) is 10.6 Å². The number of amides is 3. The summed E-state index contributed by atoms with van der Waals surface area (Å²) in [6.45, 7) is 0.946. The average molecular weight is 318 g/mol. The van der Waals surface area contributed by atoms with Crippen molar-refractivity contribution in [3.8, 4) is 11.8 Å². The molecule has 1 unspecified atom stereocenters. The number of hydrogen-bond donors (Lipinski definition) is 3. The lowest BCUT2D eigenvalue weighted by Crippen LogP contribution is -2.39. The van der Waals surface area contributed by atoms with Crippen LogP contribution in [0.1, 0.15) is 5.56 Å². The Labute approximate surface area is 133 Å². The highest BCUT2D eigenvalue weighted by Gasteiger charge is 2.27. The summed E-state index contributed by atoms with van der Waals surface area (Å²) in [4.78, 5) is 23.8. The normalized spacial score (nSPS) is 15.2. The van der Waals surface area contributed by atoms with Gasteiger partial charge in [0.15, 0.2) is 0 Å². The first-order valence-corrected chi connectivity index (χ1v) is 7.20. The number of aliphatic hydroxyl groups excluding tert-OH is 1. The standard InChI is InChI=1S/C15H18N4O4/c16-7-11-3-1-2-4-13(11)23-10-12(20)8-17-5-6-19-14(21)9-18-15(19)22/h1-4,12,17,20H,5-6,8-10H2,(H,18,22). The van der Waals surface area contributed by atoms with Gasteiger partial charge in [0.1, 0.15) is 24.5 Å². The van der Waals surface area contributed by atoms with Crippen molar-refractivity contribution in [2.75, 3.05) is 32.8 Å². The molecule has 1 aromatic carbocycles. The van der Waals surface area contributed by atoms with Crippen LogP contribution in [0.25, 0.3) is 0 Å². The lowest BCUT2D eigenvalue weighted by Gasteiger charge is -2.16. The van der Waals surface area contributed by atoms with Crippen molar-refractivity contribution in [2.24, 2.45) is 0 Å². The second-order valence-electron chi connectivity index (χ2n) is 4.98. The molecule has 0 aromatic heterocycles. The van der Waals surface area contributed by atoms with Crippen molar-refractivity contribution in [1.29, 1.82) is 5.26 Å². The number of ether oxygens (including phenoxy) is 1. The highest BCUT2D eigenvalue weighted by Crippen LogP contribution is 2.16. The van der Waals surface area contributed by atoms with Crippen molar-refractivity contribution >= 4 is 11.9 Å². The minimum Gasteiger partial charge on any atom is -0.489 e. The number of urea groups is 1. The van der Waals surface area contributed by atoms with Crippen molar-refractivity contribution < 1.29 is 19.4 Å². The fraction of sp³-hybridized carbons (Fsp3) is 0.400. The maximum atomic E-state index is 11.4. The van der Waals surface area contributed by atoms with Crippen molar-refractivity contribution in [1.82, 2.24) is 15.5 Å². The molecule has 1 aliphatic heterocycles. The number of nitrogens with zero attached hydrogens (tertiary/aromatic N) is 2. The second kappa shape index (κ2) is 8.12. The number of para-hydroxylation sites is 1. The Morgan fingerprint density at radius 3 is 2.91 bits per heavy atom. The minimum absolute atomic E-state index is 0.0353. The van der Waals surface area contributed by atoms with Gasteiger partial charge in [-0.25, -0.2) is 4.79 Å². The van der Waals surface area contributed by atoms with Crippen LogP contribution in [0.3, 0.4) is 0 Å². The number of rotatable bonds is 8. The van der Waals surface area contributed by atoms with E-state index in [-0.39, 0.29) is 32.1 Å². The molecule has 0 bridgehead atoms. The Hall–Kier alpha value is -2.63. The molecule has 122 valence electrons. The van der Waals surface area contributed by atoms with Gasteiger partial charge in [0.2, 0.25) is 5.91 Å². The van der Waals surface area contributed by atoms with Crippen LogP contribution in [0.2, 0.25) is 0 Å². The molecule has 0 aliphatic carbocycles. The molecule has 1 aromatic rings. The van der Waals surface area contributed by atoms with Gasteiger partial charge in [-0.2, -0.15) is 5.26 Å². The topological polar surface area (TPSA) is 115 Å². The fourth-order valence-corrected chi connectivity index (χ4v) is 2.07. The van der Waals surface area contributed by atoms with Crippen LogP contribution in [-0.2, 0) is 4.79 Å². The Kier molecular flexibility index (Phi) is 5.91. The third-order valence-corrected chi connectivity index (χ3v) is 3.27. The van der Waals surface area contributed by atoms with Crippen LogP contribution in [0.15, 0.2) is 24.3 Å². The molecule has 1 heterocycles. The summed E-state index contributed by atoms with van der Waals surface area (Å²) in [5.74, 6) is 0.169. The summed E-state index contributed by atoms with van der Waals surface area (Å²) in [7, 11) is 0. The number of carbonyl (C=O) groups excluding carboxylic acids is 2. The van der Waals surface area contributed by atoms with Crippen molar-refractivity contribution in [3.63, 3.8) is 0 Å². The van der Waals surface area contributed by atoms with Crippen LogP contribution in [0.5, 0.6) is 5.75 Å². The second-order valence-corrected chi connectivity index (χ2v) is 4.98. The van der Waals surface area contributed by atoms with E-state index in [9.17, 15) is 14.7 Å². The molecular weight excluding hydrogens is 300 g/mol. The first-order chi connectivity index (χ1) is 11.1. The van der Waals surface area contributed by atoms with E-state index in [1.807, 2.05) is 6.07 Å². The summed E-state index contributed by atoms with van der Waals surface area (Å²) in [6, 6.07) is 8.40. The Balaban J connectivity index is 1.65. The van der Waals surface area contributed by atoms with E-state index in [0.29, 0.717) is 17.9 Å². The van der Waals surface area contributed by atoms with Gasteiger partial charge in [-0.05, 0) is 12.1 Å². The minimum atomic E-state index is -0.773. The molecule has 1 atom stereocenters. The molecule has 8 nitrogen and oxygen atoms in total. The largest absolute Gasteiger partial charge is 0.489 e. The number of imide groups is 1. The molecule has 1 aliphatic rings. The quantitative estimate of drug-likeness (QED) is 0.437. The third-order valence-electron chi connectivity index (χ3n) is 3.27. The third kappa shape index (κ3) is 4.67. The molecule has 0 radical (unpaired) electrons. The molecule has 1 fully saturated rings. The van der Waals surface area contributed by atoms with Crippen LogP contribution in [0, 0.1) is 11.3 Å². The first-order valence-electron chi connectivity index (χ1n) is 7.20. The molecule has 2 rings (SSSR count). The molecular formula is C15H18N4O4. The number of benzene rings is 1. The predicted molar refractivity (Wildman–Crippen MR) is 80.6 cm³/mol. The number of carbonyl (C=O) groups is 2. The van der Waals surface area contributed by atoms with E-state index in [1.54, 1.807) is 24.3 Å². The van der Waals surface area contributed by atoms with Gasteiger partial charge >= 0.3 is 6.03 Å². The Morgan fingerprint density at radius 1 is 1.43 bits per heavy atom. The lowest BCUT2D eigenvalue weighted by atomic mass is 10.2. The van der Waals surface area contributed by atoms with Crippen LogP contribution >= 0.6 is 0 Å². The molecule has 3 N–H and O–H groups in total. The smallest absolute Gasteiger partial charge is 0.324 e. The first kappa shape index (κ1) is 16.7. The van der Waals surface area contributed by atoms with E-state index in [0.717, 1.165) is 4.90 Å². The van der Waals surface area contributed by atoms with E-state index in [1.165, 1.54) is 0 Å². The molecule has 0 saturated carbocycles. The zero-order valence-corrected chi connectivity index (χ0v) is 12.5. The number of nitriles is 1. The SMILES string of the molecule is N#Cc1ccccc1OCC(O)CNCCN1C(=O)CNC1=O. The van der Waals surface area contributed by atoms with E-state index in [4.69, 9.17) is 10.00 Å². The average Bonchev–Trinajstić information content (AvgIpc) is 2.88.